The Bertz CT molecular complexity index is 2950. The smallest absolute Gasteiger partial charge is 0.0134 e. The van der Waals surface area contributed by atoms with Crippen LogP contribution in [0, 0.1) is 0 Å². The van der Waals surface area contributed by atoms with Gasteiger partial charge in [-0.05, 0) is 167 Å². The Labute approximate surface area is 571 Å². The van der Waals surface area contributed by atoms with Crippen molar-refractivity contribution in [2.24, 2.45) is 0 Å². The van der Waals surface area contributed by atoms with E-state index in [0.29, 0.717) is 26.4 Å². The van der Waals surface area contributed by atoms with Gasteiger partial charge in [0.15, 0.2) is 0 Å². The van der Waals surface area contributed by atoms with Gasteiger partial charge in [-0.15, -0.1) is 0 Å². The van der Waals surface area contributed by atoms with Crippen LogP contribution >= 0.6 is 50.8 Å². The van der Waals surface area contributed by atoms with Crippen LogP contribution in [0.4, 0.5) is 0 Å². The predicted octanol–water partition coefficient (Wildman–Crippen LogP) is 15.0. The van der Waals surface area contributed by atoms with Crippen LogP contribution in [0.3, 0.4) is 0 Å². The predicted molar refractivity (Wildman–Crippen MR) is 385 cm³/mol. The molecule has 0 spiro atoms. The van der Waals surface area contributed by atoms with Gasteiger partial charge in [0.2, 0.25) is 0 Å². The molecule has 3 aliphatic rings. The Morgan fingerprint density at radius 3 is 0.868 bits per heavy atom. The Morgan fingerprint density at radius 1 is 0.352 bits per heavy atom. The first-order valence-electron chi connectivity index (χ1n) is 30.3. The second kappa shape index (κ2) is 36.6. The van der Waals surface area contributed by atoms with Crippen LogP contribution in [0.25, 0.3) is 0 Å². The van der Waals surface area contributed by atoms with Gasteiger partial charge >= 0.3 is 56.1 Å². The van der Waals surface area contributed by atoms with Gasteiger partial charge in [0, 0.05) is 18.7 Å². The first kappa shape index (κ1) is 75.8. The average molecular weight is 1470 g/mol. The zero-order chi connectivity index (χ0) is 66.1. The molecule has 0 unspecified atom stereocenters. The van der Waals surface area contributed by atoms with E-state index >= 15 is 0 Å². The van der Waals surface area contributed by atoms with Crippen molar-refractivity contribution < 1.29 is 62.8 Å². The van der Waals surface area contributed by atoms with E-state index in [-0.39, 0.29) is 56.7 Å². The van der Waals surface area contributed by atoms with E-state index in [2.05, 4.69) is 198 Å². The fourth-order valence-electron chi connectivity index (χ4n) is 9.13. The largest absolute Gasteiger partial charge is 0.0622 e. The molecule has 0 N–H and O–H groups in total. The molecule has 0 aromatic heterocycles. The fourth-order valence-corrected chi connectivity index (χ4v) is 14.1. The molecule has 486 valence electrons. The van der Waals surface area contributed by atoms with Gasteiger partial charge in [-0.2, -0.15) is 0 Å². The number of benzene rings is 8. The third-order valence-electron chi connectivity index (χ3n) is 16.1. The standard InChI is InChI=1S/2C18H15P.C15H23BO4.C12H24B2O4.C9H11BrO2.2ClH.Pd/c2*1-4-10-16(11-5-1)19(17-12-6-2-7-13-17)18-14-8-3-9-15-18;1-14(2)15(3,4)20-16(19-14)12-7-6-8-13(11-12)18-10-9-17-5;1-9(2)10(3,4)16-13(15-9)14-17-11(5,6)12(7,8)18-14;1-11-5-6-12-9-4-2-3-8(10)7-9;;;/h2*1-15H;6-8,11H,9-10H2,1-5H3;1-8H3;2-4,7H,5-6H2,1H3;2*1H;/q;;;;;;;+2/p-2. The molecule has 8 aromatic rings. The van der Waals surface area contributed by atoms with Gasteiger partial charge in [-0.3, -0.25) is 0 Å². The number of halogens is 3. The molecule has 8 aromatic carbocycles. The minimum absolute atomic E-state index is 0.106. The molecule has 10 nitrogen and oxygen atoms in total. The molecule has 0 radical (unpaired) electrons. The molecule has 3 fully saturated rings. The van der Waals surface area contributed by atoms with Gasteiger partial charge in [-0.1, -0.05) is 216 Å². The van der Waals surface area contributed by atoms with E-state index in [0.717, 1.165) is 21.4 Å². The second-order valence-corrected chi connectivity index (χ2v) is 32.0. The van der Waals surface area contributed by atoms with Gasteiger partial charge in [0.1, 0.15) is 24.7 Å². The van der Waals surface area contributed by atoms with Crippen molar-refractivity contribution in [3.63, 3.8) is 0 Å². The molecule has 11 rings (SSSR count). The maximum absolute atomic E-state index is 6.03. The van der Waals surface area contributed by atoms with Crippen LogP contribution < -0.4 is 46.8 Å². The molecule has 0 saturated carbocycles. The number of methoxy groups -OCH3 is 2. The summed E-state index contributed by atoms with van der Waals surface area (Å²) in [4.78, 5) is 0. The summed E-state index contributed by atoms with van der Waals surface area (Å²) in [6.45, 7) is 26.7. The molecule has 3 heterocycles. The quantitative estimate of drug-likeness (QED) is 0.0529. The first-order chi connectivity index (χ1) is 43.4. The number of hydrogen-bond acceptors (Lipinski definition) is 10. The van der Waals surface area contributed by atoms with Crippen molar-refractivity contribution in [1.29, 1.82) is 0 Å². The number of rotatable bonds is 16. The van der Waals surface area contributed by atoms with Crippen molar-refractivity contribution in [1.82, 2.24) is 0 Å². The van der Waals surface area contributed by atoms with E-state index in [1.54, 1.807) is 14.2 Å². The zero-order valence-electron chi connectivity index (χ0n) is 54.9. The van der Waals surface area contributed by atoms with Gasteiger partial charge in [-0.25, -0.2) is 0 Å². The second-order valence-electron chi connectivity index (χ2n) is 24.3. The maximum Gasteiger partial charge on any atom is -0.0134 e. The summed E-state index contributed by atoms with van der Waals surface area (Å²) in [6.07, 6.45) is 0. The Morgan fingerprint density at radius 2 is 0.604 bits per heavy atom. The van der Waals surface area contributed by atoms with Crippen LogP contribution in [0.2, 0.25) is 0 Å². The van der Waals surface area contributed by atoms with Crippen molar-refractivity contribution in [3.05, 3.63) is 235 Å². The van der Waals surface area contributed by atoms with Gasteiger partial charge in [0.05, 0.1) is 46.8 Å². The van der Waals surface area contributed by atoms with E-state index < -0.39 is 29.9 Å². The number of ether oxygens (including phenoxy) is 4. The normalized spacial score (nSPS) is 16.7. The SMILES string of the molecule is CC1(C)OB(B2OC(C)(C)C(C)(C)O2)OC1(C)C.COCCOc1cccc(B2OC(C)(C)C(C)(C)O2)c1.COCCOc1cccc(Br)c1.[Cl][Pd][Cl].c1ccc(P(c2ccccc2)c2ccccc2)cc1.c1ccc(P(c2ccccc2)c2ccccc2)cc1. The Kier molecular flexibility index (Phi) is 30.5. The van der Waals surface area contributed by atoms with Crippen LogP contribution in [-0.2, 0) is 53.3 Å². The summed E-state index contributed by atoms with van der Waals surface area (Å²) in [5.74, 6) is 1.66. The van der Waals surface area contributed by atoms with Gasteiger partial charge in [0.25, 0.3) is 0 Å². The van der Waals surface area contributed by atoms with Crippen molar-refractivity contribution in [2.75, 3.05) is 40.6 Å². The molecule has 3 aliphatic heterocycles. The average Bonchev–Trinajstić information content (AvgIpc) is 1.62. The zero-order valence-corrected chi connectivity index (χ0v) is 61.4. The van der Waals surface area contributed by atoms with Crippen LogP contribution in [-0.4, -0.2) is 95.4 Å². The van der Waals surface area contributed by atoms with E-state index in [9.17, 15) is 0 Å². The monoisotopic (exact) mass is 1460 g/mol. The summed E-state index contributed by atoms with van der Waals surface area (Å²) in [7, 11) is 10.7. The summed E-state index contributed by atoms with van der Waals surface area (Å²) in [6, 6.07) is 80.2. The summed E-state index contributed by atoms with van der Waals surface area (Å²) >= 11 is 3.25. The van der Waals surface area contributed by atoms with E-state index in [4.69, 9.17) is 65.9 Å². The minimum atomic E-state index is -0.476. The van der Waals surface area contributed by atoms with Crippen LogP contribution in [0.1, 0.15) is 83.1 Å². The van der Waals surface area contributed by atoms with E-state index in [1.807, 2.05) is 132 Å². The molecule has 0 aliphatic carbocycles. The van der Waals surface area contributed by atoms with E-state index in [1.165, 1.54) is 31.8 Å². The Hall–Kier alpha value is -4.18. The summed E-state index contributed by atoms with van der Waals surface area (Å²) in [5.41, 5.74) is -1.13. The summed E-state index contributed by atoms with van der Waals surface area (Å²) in [5, 5.41) is 8.39. The third kappa shape index (κ3) is 22.7. The molecular weight excluding hydrogens is 1380 g/mol. The molecule has 0 amide bonds. The number of hydrogen-bond donors (Lipinski definition) is 0. The maximum atomic E-state index is 6.03. The fraction of sp³-hybridized carbons (Fsp3) is 0.333. The molecule has 0 bridgehead atoms. The van der Waals surface area contributed by atoms with Crippen LogP contribution in [0.5, 0.6) is 11.5 Å². The van der Waals surface area contributed by atoms with Crippen molar-refractivity contribution >= 4 is 109 Å². The molecular formula is C72H88B3BrCl2O10P2Pd. The van der Waals surface area contributed by atoms with Crippen molar-refractivity contribution in [2.45, 2.75) is 117 Å². The topological polar surface area (TPSA) is 92.3 Å². The summed E-state index contributed by atoms with van der Waals surface area (Å²) < 4.78 is 57.7. The first-order valence-corrected chi connectivity index (χ1v) is 37.7. The van der Waals surface area contributed by atoms with Crippen molar-refractivity contribution in [3.8, 4) is 11.5 Å². The molecule has 0 atom stereocenters. The van der Waals surface area contributed by atoms with Crippen LogP contribution in [0.15, 0.2) is 235 Å². The van der Waals surface area contributed by atoms with Gasteiger partial charge < -0.3 is 46.9 Å². The third-order valence-corrected chi connectivity index (χ3v) is 21.5. The Balaban J connectivity index is 0.000000180. The molecule has 91 heavy (non-hydrogen) atoms. The minimum Gasteiger partial charge on any atom is -0.0622 e. The molecule has 19 heteroatoms. The molecule has 3 saturated heterocycles.